The molecule has 1 aliphatic rings. The molecule has 32 heavy (non-hydrogen) atoms. The van der Waals surface area contributed by atoms with E-state index in [4.69, 9.17) is 9.47 Å². The van der Waals surface area contributed by atoms with Crippen molar-refractivity contribution < 1.29 is 14.3 Å². The Morgan fingerprint density at radius 3 is 2.53 bits per heavy atom. The Hall–Kier alpha value is -2.17. The number of aryl methyl sites for hydroxylation is 1. The second-order valence-electron chi connectivity index (χ2n) is 9.32. The predicted molar refractivity (Wildman–Crippen MR) is 126 cm³/mol. The summed E-state index contributed by atoms with van der Waals surface area (Å²) >= 11 is 1.46. The summed E-state index contributed by atoms with van der Waals surface area (Å²) in [4.78, 5) is 39.8. The van der Waals surface area contributed by atoms with Crippen LogP contribution >= 0.6 is 11.3 Å². The van der Waals surface area contributed by atoms with Crippen molar-refractivity contribution in [2.75, 3.05) is 26.8 Å². The Morgan fingerprint density at radius 2 is 1.94 bits per heavy atom. The van der Waals surface area contributed by atoms with Crippen molar-refractivity contribution in [3.8, 4) is 0 Å². The van der Waals surface area contributed by atoms with Crippen molar-refractivity contribution in [3.63, 3.8) is 0 Å². The third kappa shape index (κ3) is 5.41. The first kappa shape index (κ1) is 24.5. The maximum atomic E-state index is 13.2. The third-order valence-electron chi connectivity index (χ3n) is 5.52. The SMILES string of the molecule is COCCn1c(=O)n([C@H]2C[C@@H]2C)c(=O)c2c(C)c(CNCCNC(=O)OC(C)(C)C)sc21. The van der Waals surface area contributed by atoms with E-state index in [1.165, 1.54) is 15.9 Å². The van der Waals surface area contributed by atoms with Crippen LogP contribution in [0.2, 0.25) is 0 Å². The van der Waals surface area contributed by atoms with Crippen molar-refractivity contribution >= 4 is 27.6 Å². The summed E-state index contributed by atoms with van der Waals surface area (Å²) < 4.78 is 13.5. The zero-order chi connectivity index (χ0) is 23.6. The van der Waals surface area contributed by atoms with Crippen LogP contribution in [-0.2, 0) is 22.6 Å². The van der Waals surface area contributed by atoms with Gasteiger partial charge >= 0.3 is 11.8 Å². The summed E-state index contributed by atoms with van der Waals surface area (Å²) in [6.07, 6.45) is 0.405. The van der Waals surface area contributed by atoms with Gasteiger partial charge in [0.25, 0.3) is 5.56 Å². The number of hydrogen-bond donors (Lipinski definition) is 2. The Balaban J connectivity index is 1.77. The van der Waals surface area contributed by atoms with Gasteiger partial charge in [0.05, 0.1) is 18.5 Å². The minimum Gasteiger partial charge on any atom is -0.444 e. The highest BCUT2D eigenvalue weighted by molar-refractivity contribution is 7.18. The van der Waals surface area contributed by atoms with Crippen LogP contribution in [0, 0.1) is 12.8 Å². The number of hydrogen-bond acceptors (Lipinski definition) is 7. The van der Waals surface area contributed by atoms with Crippen LogP contribution in [-0.4, -0.2) is 47.6 Å². The molecule has 0 spiro atoms. The lowest BCUT2D eigenvalue weighted by Crippen LogP contribution is -2.40. The molecule has 9 nitrogen and oxygen atoms in total. The molecule has 2 aromatic heterocycles. The zero-order valence-electron chi connectivity index (χ0n) is 19.7. The second kappa shape index (κ2) is 9.76. The van der Waals surface area contributed by atoms with Gasteiger partial charge in [0.2, 0.25) is 0 Å². The number of methoxy groups -OCH3 is 1. The highest BCUT2D eigenvalue weighted by atomic mass is 32.1. The van der Waals surface area contributed by atoms with E-state index >= 15 is 0 Å². The average Bonchev–Trinajstić information content (AvgIpc) is 3.30. The van der Waals surface area contributed by atoms with Crippen LogP contribution in [0.1, 0.15) is 50.6 Å². The fraction of sp³-hybridized carbons (Fsp3) is 0.682. The molecule has 178 valence electrons. The number of ether oxygens (including phenoxy) is 2. The molecule has 0 aliphatic heterocycles. The first-order valence-electron chi connectivity index (χ1n) is 11.0. The van der Waals surface area contributed by atoms with Crippen LogP contribution in [0.3, 0.4) is 0 Å². The molecule has 1 aliphatic carbocycles. The standard InChI is InChI=1S/C22H34N4O5S/c1-13-11-15(13)26-18(27)17-14(2)16(32-19(17)25(21(26)29)9-10-30-6)12-23-7-8-24-20(28)31-22(3,4)5/h13,15,23H,7-12H2,1-6H3,(H,24,28)/t13-,15-/m0/s1. The van der Waals surface area contributed by atoms with Crippen molar-refractivity contribution in [2.45, 2.75) is 65.8 Å². The minimum absolute atomic E-state index is 0.0204. The largest absolute Gasteiger partial charge is 0.444 e. The lowest BCUT2D eigenvalue weighted by atomic mass is 10.2. The Morgan fingerprint density at radius 1 is 1.25 bits per heavy atom. The molecule has 2 atom stereocenters. The summed E-state index contributed by atoms with van der Waals surface area (Å²) in [5, 5.41) is 6.63. The van der Waals surface area contributed by atoms with Gasteiger partial charge in [-0.15, -0.1) is 11.3 Å². The smallest absolute Gasteiger partial charge is 0.407 e. The fourth-order valence-corrected chi connectivity index (χ4v) is 4.97. The first-order chi connectivity index (χ1) is 15.0. The number of rotatable bonds is 9. The normalized spacial score (nSPS) is 18.2. The molecule has 2 aromatic rings. The molecule has 1 saturated carbocycles. The van der Waals surface area contributed by atoms with E-state index in [1.54, 1.807) is 11.7 Å². The molecular formula is C22H34N4O5S. The van der Waals surface area contributed by atoms with Gasteiger partial charge in [0.1, 0.15) is 10.4 Å². The summed E-state index contributed by atoms with van der Waals surface area (Å²) in [5.74, 6) is 0.339. The molecule has 0 saturated heterocycles. The van der Waals surface area contributed by atoms with E-state index in [2.05, 4.69) is 17.6 Å². The fourth-order valence-electron chi connectivity index (χ4n) is 3.68. The summed E-state index contributed by atoms with van der Waals surface area (Å²) in [5.41, 5.74) is -0.0817. The first-order valence-corrected chi connectivity index (χ1v) is 11.8. The number of nitrogens with zero attached hydrogens (tertiary/aromatic N) is 2. The molecule has 10 heteroatoms. The minimum atomic E-state index is -0.532. The number of alkyl carbamates (subject to hydrolysis) is 1. The van der Waals surface area contributed by atoms with Gasteiger partial charge in [-0.2, -0.15) is 0 Å². The van der Waals surface area contributed by atoms with Gasteiger partial charge in [-0.05, 0) is 45.6 Å². The number of carbonyl (C=O) groups is 1. The maximum absolute atomic E-state index is 13.2. The highest BCUT2D eigenvalue weighted by Gasteiger charge is 2.38. The van der Waals surface area contributed by atoms with Gasteiger partial charge in [-0.3, -0.25) is 13.9 Å². The van der Waals surface area contributed by atoms with Crippen LogP contribution in [0.25, 0.3) is 10.2 Å². The van der Waals surface area contributed by atoms with E-state index < -0.39 is 11.7 Å². The van der Waals surface area contributed by atoms with E-state index in [1.807, 2.05) is 27.7 Å². The van der Waals surface area contributed by atoms with Crippen molar-refractivity contribution in [2.24, 2.45) is 5.92 Å². The predicted octanol–water partition coefficient (Wildman–Crippen LogP) is 2.37. The molecule has 1 amide bonds. The van der Waals surface area contributed by atoms with Gasteiger partial charge in [-0.1, -0.05) is 6.92 Å². The lowest BCUT2D eigenvalue weighted by molar-refractivity contribution is 0.0528. The van der Waals surface area contributed by atoms with Crippen molar-refractivity contribution in [3.05, 3.63) is 31.3 Å². The van der Waals surface area contributed by atoms with Crippen molar-refractivity contribution in [1.29, 1.82) is 0 Å². The van der Waals surface area contributed by atoms with E-state index in [0.717, 1.165) is 16.9 Å². The molecular weight excluding hydrogens is 432 g/mol. The molecule has 3 rings (SSSR count). The van der Waals surface area contributed by atoms with Gasteiger partial charge < -0.3 is 20.1 Å². The quantitative estimate of drug-likeness (QED) is 0.550. The van der Waals surface area contributed by atoms with Gasteiger partial charge in [0.15, 0.2) is 0 Å². The lowest BCUT2D eigenvalue weighted by Gasteiger charge is -2.19. The maximum Gasteiger partial charge on any atom is 0.407 e. The second-order valence-corrected chi connectivity index (χ2v) is 10.4. The molecule has 0 radical (unpaired) electrons. The van der Waals surface area contributed by atoms with Gasteiger partial charge in [-0.25, -0.2) is 9.59 Å². The highest BCUT2D eigenvalue weighted by Crippen LogP contribution is 2.41. The topological polar surface area (TPSA) is 104 Å². The molecule has 0 unspecified atom stereocenters. The van der Waals surface area contributed by atoms with Crippen LogP contribution < -0.4 is 21.9 Å². The Kier molecular flexibility index (Phi) is 7.46. The number of fused-ring (bicyclic) bond motifs is 1. The summed E-state index contributed by atoms with van der Waals surface area (Å²) in [7, 11) is 1.60. The number of nitrogens with one attached hydrogen (secondary N) is 2. The van der Waals surface area contributed by atoms with E-state index in [9.17, 15) is 14.4 Å². The third-order valence-corrected chi connectivity index (χ3v) is 6.83. The van der Waals surface area contributed by atoms with Crippen LogP contribution in [0.15, 0.2) is 9.59 Å². The summed E-state index contributed by atoms with van der Waals surface area (Å²) in [6, 6.07) is -0.0204. The van der Waals surface area contributed by atoms with E-state index in [0.29, 0.717) is 48.9 Å². The number of amides is 1. The average molecular weight is 467 g/mol. The van der Waals surface area contributed by atoms with Crippen LogP contribution in [0.4, 0.5) is 4.79 Å². The van der Waals surface area contributed by atoms with Gasteiger partial charge in [0, 0.05) is 37.7 Å². The molecule has 1 fully saturated rings. The van der Waals surface area contributed by atoms with Crippen LogP contribution in [0.5, 0.6) is 0 Å². The Bertz CT molecular complexity index is 1090. The number of thiophene rings is 1. The number of aromatic nitrogens is 2. The molecule has 0 aromatic carbocycles. The monoisotopic (exact) mass is 466 g/mol. The molecule has 2 N–H and O–H groups in total. The Labute approximate surface area is 191 Å². The van der Waals surface area contributed by atoms with E-state index in [-0.39, 0.29) is 17.3 Å². The zero-order valence-corrected chi connectivity index (χ0v) is 20.6. The molecule has 0 bridgehead atoms. The summed E-state index contributed by atoms with van der Waals surface area (Å²) in [6.45, 7) is 11.8. The number of carbonyl (C=O) groups excluding carboxylic acids is 1. The van der Waals surface area contributed by atoms with Crippen molar-refractivity contribution in [1.82, 2.24) is 19.8 Å². The molecule has 2 heterocycles.